The van der Waals surface area contributed by atoms with Crippen LogP contribution in [0.1, 0.15) is 15.9 Å². The lowest BCUT2D eigenvalue weighted by molar-refractivity contribution is -0.137. The summed E-state index contributed by atoms with van der Waals surface area (Å²) in [6.07, 6.45) is 10.0. The number of nitrogens with one attached hydrogen (secondary N) is 1. The van der Waals surface area contributed by atoms with Crippen LogP contribution in [0.4, 0.5) is 0 Å². The standard InChI is InChI=1S/C21H17NO3/c1-2-16-25-21(24)19(15-9-12-17-10-5-3-6-11-17)22-20(23)18-13-7-4-8-14-18/h1,3-15H,16H2,(H,22,23)/b12-9+,19-15+. The van der Waals surface area contributed by atoms with Gasteiger partial charge in [-0.05, 0) is 23.8 Å². The van der Waals surface area contributed by atoms with Crippen molar-refractivity contribution in [3.8, 4) is 12.3 Å². The Morgan fingerprint density at radius 2 is 1.68 bits per heavy atom. The van der Waals surface area contributed by atoms with Crippen molar-refractivity contribution in [3.05, 3.63) is 89.6 Å². The number of allylic oxidation sites excluding steroid dienone is 2. The first-order chi connectivity index (χ1) is 12.2. The number of carbonyl (C=O) groups excluding carboxylic acids is 2. The molecule has 1 N–H and O–H groups in total. The van der Waals surface area contributed by atoms with Crippen molar-refractivity contribution in [1.82, 2.24) is 5.32 Å². The van der Waals surface area contributed by atoms with Crippen molar-refractivity contribution in [2.45, 2.75) is 0 Å². The summed E-state index contributed by atoms with van der Waals surface area (Å²) in [6.45, 7) is -0.167. The maximum Gasteiger partial charge on any atom is 0.355 e. The van der Waals surface area contributed by atoms with E-state index in [4.69, 9.17) is 11.2 Å². The van der Waals surface area contributed by atoms with Gasteiger partial charge in [-0.25, -0.2) is 4.79 Å². The van der Waals surface area contributed by atoms with E-state index >= 15 is 0 Å². The molecule has 4 nitrogen and oxygen atoms in total. The predicted molar refractivity (Wildman–Crippen MR) is 97.3 cm³/mol. The van der Waals surface area contributed by atoms with E-state index in [2.05, 4.69) is 11.2 Å². The Bertz CT molecular complexity index is 815. The van der Waals surface area contributed by atoms with Gasteiger partial charge in [-0.2, -0.15) is 0 Å². The smallest absolute Gasteiger partial charge is 0.355 e. The third-order valence-corrected chi connectivity index (χ3v) is 3.14. The van der Waals surface area contributed by atoms with Crippen LogP contribution in [0.25, 0.3) is 6.08 Å². The molecule has 1 amide bonds. The SMILES string of the molecule is C#CCOC(=O)/C(=C\C=C\c1ccccc1)NC(=O)c1ccccc1. The van der Waals surface area contributed by atoms with Gasteiger partial charge in [0.2, 0.25) is 0 Å². The molecule has 0 unspecified atom stereocenters. The Labute approximate surface area is 146 Å². The highest BCUT2D eigenvalue weighted by molar-refractivity contribution is 6.01. The molecule has 0 fully saturated rings. The summed E-state index contributed by atoms with van der Waals surface area (Å²) in [6, 6.07) is 18.2. The molecule has 0 saturated carbocycles. The number of terminal acetylenes is 1. The molecule has 4 heteroatoms. The Kier molecular flexibility index (Phi) is 6.78. The number of hydrogen-bond donors (Lipinski definition) is 1. The molecule has 25 heavy (non-hydrogen) atoms. The van der Waals surface area contributed by atoms with Gasteiger partial charge >= 0.3 is 5.97 Å². The molecule has 2 rings (SSSR count). The van der Waals surface area contributed by atoms with Gasteiger partial charge in [0.25, 0.3) is 5.91 Å². The minimum atomic E-state index is -0.694. The third-order valence-electron chi connectivity index (χ3n) is 3.14. The van der Waals surface area contributed by atoms with Gasteiger partial charge in [0.05, 0.1) is 0 Å². The quantitative estimate of drug-likeness (QED) is 0.383. The number of rotatable bonds is 6. The van der Waals surface area contributed by atoms with Crippen LogP contribution in [-0.2, 0) is 9.53 Å². The van der Waals surface area contributed by atoms with Crippen molar-refractivity contribution in [2.75, 3.05) is 6.61 Å². The van der Waals surface area contributed by atoms with E-state index in [1.54, 1.807) is 36.4 Å². The second-order valence-electron chi connectivity index (χ2n) is 4.95. The van der Waals surface area contributed by atoms with E-state index < -0.39 is 11.9 Å². The summed E-state index contributed by atoms with van der Waals surface area (Å²) in [7, 11) is 0. The van der Waals surface area contributed by atoms with Gasteiger partial charge in [0.15, 0.2) is 6.61 Å². The summed E-state index contributed by atoms with van der Waals surface area (Å²) >= 11 is 0. The predicted octanol–water partition coefficient (Wildman–Crippen LogP) is 3.19. The lowest BCUT2D eigenvalue weighted by Gasteiger charge is -2.08. The highest BCUT2D eigenvalue weighted by Crippen LogP contribution is 2.05. The zero-order valence-corrected chi connectivity index (χ0v) is 13.5. The molecule has 0 saturated heterocycles. The molecule has 124 valence electrons. The Morgan fingerprint density at radius 3 is 2.32 bits per heavy atom. The third kappa shape index (κ3) is 5.85. The van der Waals surface area contributed by atoms with E-state index in [0.717, 1.165) is 5.56 Å². The Hall–Kier alpha value is -3.58. The van der Waals surface area contributed by atoms with Crippen LogP contribution in [0.3, 0.4) is 0 Å². The first-order valence-corrected chi connectivity index (χ1v) is 7.61. The highest BCUT2D eigenvalue weighted by Gasteiger charge is 2.14. The minimum absolute atomic E-state index is 0.0104. The molecule has 0 aliphatic heterocycles. The van der Waals surface area contributed by atoms with Crippen molar-refractivity contribution in [3.63, 3.8) is 0 Å². The van der Waals surface area contributed by atoms with Gasteiger partial charge < -0.3 is 10.1 Å². The van der Waals surface area contributed by atoms with E-state index in [9.17, 15) is 9.59 Å². The number of benzene rings is 2. The zero-order chi connectivity index (χ0) is 17.9. The molecule has 0 heterocycles. The lowest BCUT2D eigenvalue weighted by Crippen LogP contribution is -2.28. The summed E-state index contributed by atoms with van der Waals surface area (Å²) in [4.78, 5) is 24.3. The molecule has 0 aliphatic rings. The average molecular weight is 331 g/mol. The van der Waals surface area contributed by atoms with Crippen molar-refractivity contribution in [2.24, 2.45) is 0 Å². The van der Waals surface area contributed by atoms with Crippen LogP contribution in [0, 0.1) is 12.3 Å². The fraction of sp³-hybridized carbons (Fsp3) is 0.0476. The fourth-order valence-corrected chi connectivity index (χ4v) is 1.95. The topological polar surface area (TPSA) is 55.4 Å². The molecular formula is C21H17NO3. The van der Waals surface area contributed by atoms with Crippen LogP contribution in [0.15, 0.2) is 78.5 Å². The Morgan fingerprint density at radius 1 is 1.04 bits per heavy atom. The zero-order valence-electron chi connectivity index (χ0n) is 13.5. The van der Waals surface area contributed by atoms with E-state index in [1.165, 1.54) is 6.08 Å². The number of ether oxygens (including phenoxy) is 1. The molecule has 0 bridgehead atoms. The van der Waals surface area contributed by atoms with Gasteiger partial charge in [-0.1, -0.05) is 66.6 Å². The average Bonchev–Trinajstić information content (AvgIpc) is 2.66. The summed E-state index contributed by atoms with van der Waals surface area (Å²) < 4.78 is 4.90. The van der Waals surface area contributed by atoms with Crippen LogP contribution in [-0.4, -0.2) is 18.5 Å². The monoisotopic (exact) mass is 331 g/mol. The maximum absolute atomic E-state index is 12.2. The highest BCUT2D eigenvalue weighted by atomic mass is 16.5. The van der Waals surface area contributed by atoms with Gasteiger partial charge in [0.1, 0.15) is 5.70 Å². The van der Waals surface area contributed by atoms with Crippen molar-refractivity contribution in [1.29, 1.82) is 0 Å². The van der Waals surface area contributed by atoms with Gasteiger partial charge in [-0.3, -0.25) is 4.79 Å². The summed E-state index contributed by atoms with van der Waals surface area (Å²) in [5, 5.41) is 2.56. The molecule has 0 radical (unpaired) electrons. The van der Waals surface area contributed by atoms with Crippen molar-refractivity contribution < 1.29 is 14.3 Å². The molecule has 0 atom stereocenters. The molecule has 2 aromatic carbocycles. The van der Waals surface area contributed by atoms with E-state index in [-0.39, 0.29) is 12.3 Å². The molecular weight excluding hydrogens is 314 g/mol. The van der Waals surface area contributed by atoms with Gasteiger partial charge in [-0.15, -0.1) is 6.42 Å². The largest absolute Gasteiger partial charge is 0.448 e. The lowest BCUT2D eigenvalue weighted by atomic mass is 10.2. The molecule has 0 aliphatic carbocycles. The van der Waals surface area contributed by atoms with Crippen LogP contribution >= 0.6 is 0 Å². The first-order valence-electron chi connectivity index (χ1n) is 7.61. The number of amides is 1. The van der Waals surface area contributed by atoms with Crippen LogP contribution < -0.4 is 5.32 Å². The first kappa shape index (κ1) is 17.8. The van der Waals surface area contributed by atoms with E-state index in [1.807, 2.05) is 36.4 Å². The van der Waals surface area contributed by atoms with E-state index in [0.29, 0.717) is 5.56 Å². The summed E-state index contributed by atoms with van der Waals surface area (Å²) in [5.74, 6) is 1.12. The second-order valence-corrected chi connectivity index (χ2v) is 4.95. The maximum atomic E-state index is 12.2. The second kappa shape index (κ2) is 9.53. The fourth-order valence-electron chi connectivity index (χ4n) is 1.95. The molecule has 2 aromatic rings. The minimum Gasteiger partial charge on any atom is -0.448 e. The normalized spacial score (nSPS) is 10.9. The van der Waals surface area contributed by atoms with Crippen molar-refractivity contribution >= 4 is 18.0 Å². The number of carbonyl (C=O) groups is 2. The number of esters is 1. The molecule has 0 spiro atoms. The van der Waals surface area contributed by atoms with Crippen LogP contribution in [0.5, 0.6) is 0 Å². The molecule has 0 aromatic heterocycles. The van der Waals surface area contributed by atoms with Crippen LogP contribution in [0.2, 0.25) is 0 Å². The Balaban J connectivity index is 2.16. The van der Waals surface area contributed by atoms with Gasteiger partial charge in [0, 0.05) is 5.56 Å². The summed E-state index contributed by atoms with van der Waals surface area (Å²) in [5.41, 5.74) is 1.41. The number of hydrogen-bond acceptors (Lipinski definition) is 3.